The summed E-state index contributed by atoms with van der Waals surface area (Å²) in [5.41, 5.74) is 11.0. The van der Waals surface area contributed by atoms with E-state index in [0.29, 0.717) is 143 Å². The molecule has 0 aromatic carbocycles. The van der Waals surface area contributed by atoms with Gasteiger partial charge in [-0.05, 0) is 19.8 Å². The van der Waals surface area contributed by atoms with E-state index in [2.05, 4.69) is 54.3 Å². The van der Waals surface area contributed by atoms with Gasteiger partial charge in [0.1, 0.15) is 6.29 Å². The number of aldehydes is 1. The van der Waals surface area contributed by atoms with Crippen molar-refractivity contribution in [3.63, 3.8) is 0 Å². The van der Waals surface area contributed by atoms with Crippen molar-refractivity contribution in [3.05, 3.63) is 0 Å². The molecule has 308 valence electrons. The lowest BCUT2D eigenvalue weighted by Crippen LogP contribution is -2.46. The Morgan fingerprint density at radius 2 is 1.23 bits per heavy atom. The zero-order chi connectivity index (χ0) is 38.2. The molecule has 0 fully saturated rings. The van der Waals surface area contributed by atoms with E-state index >= 15 is 0 Å². The molecule has 0 spiro atoms. The molecule has 3 atom stereocenters. The van der Waals surface area contributed by atoms with Crippen LogP contribution in [0.15, 0.2) is 4.99 Å². The van der Waals surface area contributed by atoms with Crippen LogP contribution in [-0.2, 0) is 47.5 Å². The van der Waals surface area contributed by atoms with Gasteiger partial charge in [-0.15, -0.1) is 0 Å². The number of ether oxygens (including phenoxy) is 8. The molecule has 1 amide bonds. The van der Waals surface area contributed by atoms with Gasteiger partial charge in [0, 0.05) is 79.6 Å². The number of rotatable bonds is 41. The maximum atomic E-state index is 12.7. The van der Waals surface area contributed by atoms with E-state index in [4.69, 9.17) is 49.4 Å². The first kappa shape index (κ1) is 51.4. The van der Waals surface area contributed by atoms with E-state index in [1.807, 2.05) is 0 Å². The van der Waals surface area contributed by atoms with E-state index in [9.17, 15) is 9.59 Å². The van der Waals surface area contributed by atoms with Crippen molar-refractivity contribution in [2.45, 2.75) is 44.3 Å². The number of nitrogens with zero attached hydrogens (tertiary/aromatic N) is 1. The number of guanidine groups is 1. The van der Waals surface area contributed by atoms with Gasteiger partial charge in [-0.3, -0.25) is 13.3 Å². The summed E-state index contributed by atoms with van der Waals surface area (Å²) >= 11 is 2.14. The standard InChI is InChI=1S/C32H66IN7O10S2/c1-28(40-33)26-51-52-27-30(25-41)38-24-29(4-3-7-37-32(35)36-2)39-31(42)5-8-43-10-12-45-14-16-47-18-20-49-22-23-50-21-19-48-17-15-46-13-11-44-9-6-34/h25,28-30,38,40H,3-24,26-27,34H2,1-2H3,(H,39,42)(H3,35,36,37). The van der Waals surface area contributed by atoms with Crippen LogP contribution in [0.5, 0.6) is 0 Å². The summed E-state index contributed by atoms with van der Waals surface area (Å²) in [6.07, 6.45) is 2.61. The third kappa shape index (κ3) is 37.7. The van der Waals surface area contributed by atoms with Crippen LogP contribution >= 0.6 is 44.5 Å². The van der Waals surface area contributed by atoms with Crippen LogP contribution in [0, 0.1) is 0 Å². The van der Waals surface area contributed by atoms with Crippen molar-refractivity contribution >= 4 is 62.6 Å². The van der Waals surface area contributed by atoms with Gasteiger partial charge < -0.3 is 70.1 Å². The fourth-order valence-corrected chi connectivity index (χ4v) is 6.77. The summed E-state index contributed by atoms with van der Waals surface area (Å²) in [5, 5.41) is 9.39. The number of nitrogens with one attached hydrogen (secondary N) is 4. The van der Waals surface area contributed by atoms with Gasteiger partial charge in [0.25, 0.3) is 0 Å². The Hall–Kier alpha value is -0.600. The fraction of sp³-hybridized carbons (Fsp3) is 0.906. The molecule has 0 heterocycles. The van der Waals surface area contributed by atoms with Gasteiger partial charge in [-0.2, -0.15) is 0 Å². The topological polar surface area (TPSA) is 220 Å². The predicted molar refractivity (Wildman–Crippen MR) is 216 cm³/mol. The average Bonchev–Trinajstić information content (AvgIpc) is 3.15. The van der Waals surface area contributed by atoms with Crippen molar-refractivity contribution in [2.24, 2.45) is 16.5 Å². The largest absolute Gasteiger partial charge is 0.379 e. The molecule has 0 aliphatic rings. The summed E-state index contributed by atoms with van der Waals surface area (Å²) in [4.78, 5) is 28.2. The minimum atomic E-state index is -0.305. The molecule has 0 aromatic rings. The molecule has 0 aliphatic heterocycles. The maximum absolute atomic E-state index is 12.7. The zero-order valence-electron chi connectivity index (χ0n) is 31.2. The molecular formula is C32H66IN7O10S2. The van der Waals surface area contributed by atoms with E-state index in [1.54, 1.807) is 28.6 Å². The Morgan fingerprint density at radius 3 is 1.67 bits per heavy atom. The van der Waals surface area contributed by atoms with Crippen molar-refractivity contribution in [1.29, 1.82) is 0 Å². The molecule has 0 aromatic heterocycles. The Bertz CT molecular complexity index is 838. The first-order chi connectivity index (χ1) is 25.5. The monoisotopic (exact) mass is 899 g/mol. The first-order valence-corrected chi connectivity index (χ1v) is 21.4. The Balaban J connectivity index is 3.84. The van der Waals surface area contributed by atoms with Crippen molar-refractivity contribution in [2.75, 3.05) is 144 Å². The molecule has 0 saturated heterocycles. The van der Waals surface area contributed by atoms with E-state index < -0.39 is 0 Å². The molecule has 0 bridgehead atoms. The van der Waals surface area contributed by atoms with Gasteiger partial charge in [0.2, 0.25) is 5.91 Å². The summed E-state index contributed by atoms with van der Waals surface area (Å²) < 4.78 is 46.7. The summed E-state index contributed by atoms with van der Waals surface area (Å²) in [6.45, 7) is 11.2. The van der Waals surface area contributed by atoms with Crippen molar-refractivity contribution in [3.8, 4) is 0 Å². The summed E-state index contributed by atoms with van der Waals surface area (Å²) in [6, 6.07) is -0.0693. The number of carbonyl (C=O) groups excluding carboxylic acids is 2. The highest BCUT2D eigenvalue weighted by Gasteiger charge is 2.16. The summed E-state index contributed by atoms with van der Waals surface area (Å²) in [5.74, 6) is 1.84. The predicted octanol–water partition coefficient (Wildman–Crippen LogP) is 0.134. The van der Waals surface area contributed by atoms with Gasteiger partial charge in [0.15, 0.2) is 5.96 Å². The van der Waals surface area contributed by atoms with Gasteiger partial charge in [0.05, 0.1) is 112 Å². The zero-order valence-corrected chi connectivity index (χ0v) is 34.9. The number of nitrogens with two attached hydrogens (primary N) is 2. The molecule has 0 radical (unpaired) electrons. The second-order valence-corrected chi connectivity index (χ2v) is 14.3. The SMILES string of the molecule is CN=C(N)NCCCC(CNC(C=O)CSSCC(C)NI)NC(=O)CCOCCOCCOCCOCCOCCOCCOCCOCCN. The number of amides is 1. The molecule has 17 nitrogen and oxygen atoms in total. The second-order valence-electron chi connectivity index (χ2n) is 11.1. The smallest absolute Gasteiger partial charge is 0.222 e. The second kappa shape index (κ2) is 41.6. The molecular weight excluding hydrogens is 833 g/mol. The van der Waals surface area contributed by atoms with Crippen molar-refractivity contribution < 1.29 is 47.5 Å². The number of hydrogen-bond donors (Lipinski definition) is 6. The number of aliphatic imine (C=N–C) groups is 1. The fourth-order valence-electron chi connectivity index (χ4n) is 3.80. The highest BCUT2D eigenvalue weighted by molar-refractivity contribution is 14.1. The van der Waals surface area contributed by atoms with Gasteiger partial charge in [-0.25, -0.2) is 0 Å². The Morgan fingerprint density at radius 1 is 0.769 bits per heavy atom. The van der Waals surface area contributed by atoms with Crippen LogP contribution in [0.4, 0.5) is 0 Å². The molecule has 0 rings (SSSR count). The van der Waals surface area contributed by atoms with E-state index in [1.165, 1.54) is 0 Å². The van der Waals surface area contributed by atoms with E-state index in [0.717, 1.165) is 18.5 Å². The van der Waals surface area contributed by atoms with Gasteiger partial charge >= 0.3 is 0 Å². The van der Waals surface area contributed by atoms with Crippen LogP contribution in [0.1, 0.15) is 26.2 Å². The van der Waals surface area contributed by atoms with Crippen LogP contribution in [0.25, 0.3) is 0 Å². The van der Waals surface area contributed by atoms with Crippen molar-refractivity contribution in [1.82, 2.24) is 19.5 Å². The van der Waals surface area contributed by atoms with E-state index in [-0.39, 0.29) is 31.0 Å². The van der Waals surface area contributed by atoms with Crippen LogP contribution in [0.3, 0.4) is 0 Å². The molecule has 0 saturated carbocycles. The highest BCUT2D eigenvalue weighted by atomic mass is 127. The highest BCUT2D eigenvalue weighted by Crippen LogP contribution is 2.22. The molecule has 0 aliphatic carbocycles. The van der Waals surface area contributed by atoms with Crippen LogP contribution in [-0.4, -0.2) is 180 Å². The molecule has 3 unspecified atom stereocenters. The molecule has 20 heteroatoms. The quantitative estimate of drug-likeness (QED) is 0.00914. The lowest BCUT2D eigenvalue weighted by atomic mass is 10.1. The number of carbonyl (C=O) groups is 2. The number of hydrogen-bond acceptors (Lipinski definition) is 16. The summed E-state index contributed by atoms with van der Waals surface area (Å²) in [7, 11) is 5.00. The lowest BCUT2D eigenvalue weighted by molar-refractivity contribution is -0.123. The van der Waals surface area contributed by atoms with Gasteiger partial charge in [-0.1, -0.05) is 21.6 Å². The lowest BCUT2D eigenvalue weighted by Gasteiger charge is -2.22. The third-order valence-corrected chi connectivity index (χ3v) is 10.3. The Labute approximate surface area is 332 Å². The Kier molecular flexibility index (Phi) is 41.1. The molecule has 52 heavy (non-hydrogen) atoms. The number of halogens is 1. The first-order valence-electron chi connectivity index (χ1n) is 17.8. The minimum absolute atomic E-state index is 0.113. The third-order valence-electron chi connectivity index (χ3n) is 6.61. The molecule has 8 N–H and O–H groups in total. The maximum Gasteiger partial charge on any atom is 0.222 e. The normalized spacial score (nSPS) is 13.6. The van der Waals surface area contributed by atoms with Crippen LogP contribution in [0.2, 0.25) is 0 Å². The average molecular weight is 900 g/mol. The minimum Gasteiger partial charge on any atom is -0.379 e. The van der Waals surface area contributed by atoms with Crippen LogP contribution < -0.4 is 30.9 Å².